The summed E-state index contributed by atoms with van der Waals surface area (Å²) in [5.41, 5.74) is 2.47. The van der Waals surface area contributed by atoms with E-state index in [1.807, 2.05) is 0 Å². The van der Waals surface area contributed by atoms with Crippen LogP contribution in [-0.2, 0) is 17.7 Å². The van der Waals surface area contributed by atoms with E-state index in [0.717, 1.165) is 45.0 Å². The van der Waals surface area contributed by atoms with E-state index in [0.29, 0.717) is 0 Å². The van der Waals surface area contributed by atoms with Gasteiger partial charge >= 0.3 is 0 Å². The third kappa shape index (κ3) is 2.12. The number of hydrogen-bond donors (Lipinski definition) is 1. The van der Waals surface area contributed by atoms with Gasteiger partial charge in [-0.15, -0.1) is 0 Å². The maximum atomic E-state index is 5.57. The lowest BCUT2D eigenvalue weighted by molar-refractivity contribution is 0.0528. The number of rotatable bonds is 1. The molecule has 0 bridgehead atoms. The van der Waals surface area contributed by atoms with Gasteiger partial charge < -0.3 is 15.0 Å². The van der Waals surface area contributed by atoms with Crippen LogP contribution in [0, 0.1) is 0 Å². The zero-order valence-corrected chi connectivity index (χ0v) is 10.1. The van der Waals surface area contributed by atoms with E-state index in [1.165, 1.54) is 11.3 Å². The van der Waals surface area contributed by atoms with E-state index in [4.69, 9.17) is 4.74 Å². The first-order valence-electron chi connectivity index (χ1n) is 6.24. The molecule has 1 fully saturated rings. The number of morpholine rings is 1. The molecule has 1 atom stereocenters. The summed E-state index contributed by atoms with van der Waals surface area (Å²) in [6.45, 7) is 6.64. The molecule has 1 N–H and O–H groups in total. The molecule has 1 aromatic rings. The maximum absolute atomic E-state index is 5.57. The highest BCUT2D eigenvalue weighted by Gasteiger charge is 2.23. The third-order valence-electron chi connectivity index (χ3n) is 3.39. The van der Waals surface area contributed by atoms with Gasteiger partial charge in [-0.25, -0.2) is 9.97 Å². The Hall–Kier alpha value is -1.20. The zero-order valence-electron chi connectivity index (χ0n) is 10.1. The number of nitrogens with one attached hydrogen (secondary N) is 1. The van der Waals surface area contributed by atoms with E-state index in [1.54, 1.807) is 6.33 Å². The molecule has 1 aromatic heterocycles. The molecule has 0 spiro atoms. The SMILES string of the molecule is CC1CN(c2ncnc3c2CNCC3)CCO1. The van der Waals surface area contributed by atoms with Gasteiger partial charge in [0.2, 0.25) is 0 Å². The second-order valence-electron chi connectivity index (χ2n) is 4.68. The van der Waals surface area contributed by atoms with Gasteiger partial charge in [0.15, 0.2) is 0 Å². The highest BCUT2D eigenvalue weighted by Crippen LogP contribution is 2.23. The summed E-state index contributed by atoms with van der Waals surface area (Å²) in [5.74, 6) is 1.09. The standard InChI is InChI=1S/C12H18N4O/c1-9-7-16(4-5-17-9)12-10-6-13-3-2-11(10)14-8-15-12/h8-9,13H,2-7H2,1H3. The summed E-state index contributed by atoms with van der Waals surface area (Å²) in [5, 5.41) is 3.39. The Morgan fingerprint density at radius 3 is 3.29 bits per heavy atom. The molecule has 3 rings (SSSR count). The van der Waals surface area contributed by atoms with Crippen LogP contribution in [0.2, 0.25) is 0 Å². The van der Waals surface area contributed by atoms with Crippen molar-refractivity contribution in [3.63, 3.8) is 0 Å². The van der Waals surface area contributed by atoms with E-state index in [-0.39, 0.29) is 6.10 Å². The average molecular weight is 234 g/mol. The van der Waals surface area contributed by atoms with Gasteiger partial charge in [0, 0.05) is 38.2 Å². The van der Waals surface area contributed by atoms with Crippen molar-refractivity contribution in [2.24, 2.45) is 0 Å². The largest absolute Gasteiger partial charge is 0.375 e. The summed E-state index contributed by atoms with van der Waals surface area (Å²) < 4.78 is 5.57. The minimum atomic E-state index is 0.283. The van der Waals surface area contributed by atoms with Crippen LogP contribution < -0.4 is 10.2 Å². The predicted octanol–water partition coefficient (Wildman–Crippen LogP) is 0.347. The van der Waals surface area contributed by atoms with Crippen molar-refractivity contribution < 1.29 is 4.74 Å². The number of hydrogen-bond acceptors (Lipinski definition) is 5. The zero-order chi connectivity index (χ0) is 11.7. The van der Waals surface area contributed by atoms with E-state index >= 15 is 0 Å². The molecule has 3 heterocycles. The van der Waals surface area contributed by atoms with E-state index in [9.17, 15) is 0 Å². The summed E-state index contributed by atoms with van der Waals surface area (Å²) in [6, 6.07) is 0. The smallest absolute Gasteiger partial charge is 0.136 e. The monoisotopic (exact) mass is 234 g/mol. The number of ether oxygens (including phenoxy) is 1. The number of aromatic nitrogens is 2. The number of fused-ring (bicyclic) bond motifs is 1. The molecule has 0 aromatic carbocycles. The normalized spacial score (nSPS) is 24.5. The van der Waals surface area contributed by atoms with Crippen LogP contribution in [0.1, 0.15) is 18.2 Å². The molecule has 2 aliphatic rings. The first kappa shape index (κ1) is 10.9. The predicted molar refractivity (Wildman–Crippen MR) is 65.1 cm³/mol. The molecule has 2 aliphatic heterocycles. The summed E-state index contributed by atoms with van der Waals surface area (Å²) in [7, 11) is 0. The second-order valence-corrected chi connectivity index (χ2v) is 4.68. The molecule has 5 heteroatoms. The molecular formula is C12H18N4O. The van der Waals surface area contributed by atoms with Gasteiger partial charge in [-0.3, -0.25) is 0 Å². The summed E-state index contributed by atoms with van der Waals surface area (Å²) >= 11 is 0. The highest BCUT2D eigenvalue weighted by atomic mass is 16.5. The van der Waals surface area contributed by atoms with Crippen molar-refractivity contribution in [1.29, 1.82) is 0 Å². The Balaban J connectivity index is 1.91. The van der Waals surface area contributed by atoms with Crippen LogP contribution in [0.15, 0.2) is 6.33 Å². The van der Waals surface area contributed by atoms with Gasteiger partial charge in [0.25, 0.3) is 0 Å². The van der Waals surface area contributed by atoms with Crippen LogP contribution in [0.25, 0.3) is 0 Å². The van der Waals surface area contributed by atoms with Gasteiger partial charge in [0.1, 0.15) is 12.1 Å². The molecule has 1 unspecified atom stereocenters. The number of nitrogens with zero attached hydrogens (tertiary/aromatic N) is 3. The van der Waals surface area contributed by atoms with Gasteiger partial charge in [-0.05, 0) is 6.92 Å². The minimum Gasteiger partial charge on any atom is -0.375 e. The quantitative estimate of drug-likeness (QED) is 0.759. The van der Waals surface area contributed by atoms with Crippen molar-refractivity contribution in [1.82, 2.24) is 15.3 Å². The molecule has 92 valence electrons. The molecule has 5 nitrogen and oxygen atoms in total. The molecule has 17 heavy (non-hydrogen) atoms. The Bertz CT molecular complexity index is 409. The van der Waals surface area contributed by atoms with E-state index < -0.39 is 0 Å². The average Bonchev–Trinajstić information content (AvgIpc) is 2.38. The van der Waals surface area contributed by atoms with Crippen molar-refractivity contribution in [2.45, 2.75) is 26.0 Å². The molecule has 0 amide bonds. The van der Waals surface area contributed by atoms with Crippen LogP contribution >= 0.6 is 0 Å². The van der Waals surface area contributed by atoms with Crippen LogP contribution in [-0.4, -0.2) is 42.3 Å². The lowest BCUT2D eigenvalue weighted by Gasteiger charge is -2.34. The Morgan fingerprint density at radius 1 is 1.47 bits per heavy atom. The minimum absolute atomic E-state index is 0.283. The molecule has 1 saturated heterocycles. The van der Waals surface area contributed by atoms with Crippen molar-refractivity contribution >= 4 is 5.82 Å². The van der Waals surface area contributed by atoms with Crippen molar-refractivity contribution in [3.8, 4) is 0 Å². The van der Waals surface area contributed by atoms with Crippen molar-refractivity contribution in [3.05, 3.63) is 17.6 Å². The Labute approximate surface area is 101 Å². The fourth-order valence-electron chi connectivity index (χ4n) is 2.54. The summed E-state index contributed by atoms with van der Waals surface area (Å²) in [6.07, 6.45) is 2.98. The van der Waals surface area contributed by atoms with Gasteiger partial charge in [-0.2, -0.15) is 0 Å². The van der Waals surface area contributed by atoms with Crippen LogP contribution in [0.5, 0.6) is 0 Å². The first-order valence-corrected chi connectivity index (χ1v) is 6.24. The van der Waals surface area contributed by atoms with Crippen molar-refractivity contribution in [2.75, 3.05) is 31.1 Å². The summed E-state index contributed by atoms with van der Waals surface area (Å²) in [4.78, 5) is 11.2. The van der Waals surface area contributed by atoms with Gasteiger partial charge in [0.05, 0.1) is 18.4 Å². The maximum Gasteiger partial charge on any atom is 0.136 e. The second kappa shape index (κ2) is 4.58. The van der Waals surface area contributed by atoms with E-state index in [2.05, 4.69) is 27.1 Å². The molecule has 0 saturated carbocycles. The lowest BCUT2D eigenvalue weighted by Crippen LogP contribution is -2.42. The van der Waals surface area contributed by atoms with Crippen LogP contribution in [0.3, 0.4) is 0 Å². The first-order chi connectivity index (χ1) is 8.34. The Kier molecular flexibility index (Phi) is 2.94. The molecular weight excluding hydrogens is 216 g/mol. The molecule has 0 radical (unpaired) electrons. The van der Waals surface area contributed by atoms with Crippen LogP contribution in [0.4, 0.5) is 5.82 Å². The fourth-order valence-corrected chi connectivity index (χ4v) is 2.54. The Morgan fingerprint density at radius 2 is 2.41 bits per heavy atom. The molecule has 0 aliphatic carbocycles. The lowest BCUT2D eigenvalue weighted by atomic mass is 10.1. The number of anilines is 1. The fraction of sp³-hybridized carbons (Fsp3) is 0.667. The highest BCUT2D eigenvalue weighted by molar-refractivity contribution is 5.49. The van der Waals surface area contributed by atoms with Gasteiger partial charge in [-0.1, -0.05) is 0 Å². The topological polar surface area (TPSA) is 50.3 Å². The third-order valence-corrected chi connectivity index (χ3v) is 3.39.